The Labute approximate surface area is 96.7 Å². The van der Waals surface area contributed by atoms with Crippen LogP contribution >= 0.6 is 0 Å². The highest BCUT2D eigenvalue weighted by Crippen LogP contribution is 2.30. The summed E-state index contributed by atoms with van der Waals surface area (Å²) in [6.07, 6.45) is 2.47. The number of aromatic nitrogens is 2. The molecule has 3 rings (SSSR count). The van der Waals surface area contributed by atoms with Crippen molar-refractivity contribution in [1.82, 2.24) is 14.5 Å². The highest BCUT2D eigenvalue weighted by atomic mass is 15.2. The van der Waals surface area contributed by atoms with Gasteiger partial charge in [-0.15, -0.1) is 0 Å². The summed E-state index contributed by atoms with van der Waals surface area (Å²) >= 11 is 0. The fraction of sp³-hybridized carbons (Fsp3) is 0.750. The van der Waals surface area contributed by atoms with Crippen molar-refractivity contribution < 1.29 is 0 Å². The van der Waals surface area contributed by atoms with Crippen molar-refractivity contribution >= 4 is 5.95 Å². The van der Waals surface area contributed by atoms with Gasteiger partial charge < -0.3 is 14.8 Å². The van der Waals surface area contributed by atoms with E-state index in [1.807, 2.05) is 0 Å². The van der Waals surface area contributed by atoms with Gasteiger partial charge in [0.2, 0.25) is 5.95 Å². The van der Waals surface area contributed by atoms with Crippen LogP contribution in [0.15, 0.2) is 0 Å². The summed E-state index contributed by atoms with van der Waals surface area (Å²) in [5.41, 5.74) is 2.70. The van der Waals surface area contributed by atoms with E-state index in [9.17, 15) is 0 Å². The van der Waals surface area contributed by atoms with E-state index >= 15 is 0 Å². The van der Waals surface area contributed by atoms with Gasteiger partial charge in [0.25, 0.3) is 0 Å². The van der Waals surface area contributed by atoms with E-state index in [4.69, 9.17) is 4.98 Å². The van der Waals surface area contributed by atoms with Crippen LogP contribution < -0.4 is 5.32 Å². The topological polar surface area (TPSA) is 33.1 Å². The molecule has 0 bridgehead atoms. The molecule has 1 saturated heterocycles. The average molecular weight is 220 g/mol. The van der Waals surface area contributed by atoms with Gasteiger partial charge in [-0.25, -0.2) is 4.98 Å². The van der Waals surface area contributed by atoms with E-state index in [-0.39, 0.29) is 0 Å². The number of likely N-dealkylation sites (N-methyl/N-ethyl adjacent to an activating group) is 1. The predicted molar refractivity (Wildman–Crippen MR) is 64.9 cm³/mol. The summed E-state index contributed by atoms with van der Waals surface area (Å²) in [7, 11) is 2.20. The molecule has 0 aromatic carbocycles. The van der Waals surface area contributed by atoms with Gasteiger partial charge in [-0.05, 0) is 33.4 Å². The maximum Gasteiger partial charge on any atom is 0.203 e. The first-order chi connectivity index (χ1) is 7.75. The summed E-state index contributed by atoms with van der Waals surface area (Å²) in [6, 6.07) is 0. The smallest absolute Gasteiger partial charge is 0.203 e. The lowest BCUT2D eigenvalue weighted by atomic mass is 10.0. The number of nitrogens with one attached hydrogen (secondary N) is 1. The lowest BCUT2D eigenvalue weighted by molar-refractivity contribution is 0.410. The molecule has 0 aliphatic carbocycles. The highest BCUT2D eigenvalue weighted by molar-refractivity contribution is 5.37. The Morgan fingerprint density at radius 1 is 1.38 bits per heavy atom. The number of nitrogens with zero attached hydrogens (tertiary/aromatic N) is 3. The second-order valence-corrected chi connectivity index (χ2v) is 5.09. The monoisotopic (exact) mass is 220 g/mol. The molecule has 0 saturated carbocycles. The molecule has 1 aromatic heterocycles. The van der Waals surface area contributed by atoms with Gasteiger partial charge in [-0.2, -0.15) is 0 Å². The Bertz CT molecular complexity index is 396. The van der Waals surface area contributed by atoms with Crippen LogP contribution in [0.25, 0.3) is 0 Å². The second-order valence-electron chi connectivity index (χ2n) is 5.09. The fourth-order valence-corrected chi connectivity index (χ4v) is 2.94. The molecular weight excluding hydrogens is 200 g/mol. The van der Waals surface area contributed by atoms with Crippen LogP contribution in [0.2, 0.25) is 0 Å². The van der Waals surface area contributed by atoms with E-state index in [0.29, 0.717) is 5.92 Å². The summed E-state index contributed by atoms with van der Waals surface area (Å²) in [4.78, 5) is 7.19. The number of rotatable bonds is 1. The molecule has 0 radical (unpaired) electrons. The molecule has 1 aromatic rings. The van der Waals surface area contributed by atoms with Gasteiger partial charge >= 0.3 is 0 Å². The molecule has 16 heavy (non-hydrogen) atoms. The normalized spacial score (nSPS) is 25.5. The molecule has 1 N–H and O–H groups in total. The molecule has 2 aliphatic rings. The van der Waals surface area contributed by atoms with Gasteiger partial charge in [-0.1, -0.05) is 0 Å². The Hall–Kier alpha value is -1.03. The zero-order valence-electron chi connectivity index (χ0n) is 10.2. The number of anilines is 1. The minimum atomic E-state index is 0.643. The Morgan fingerprint density at radius 2 is 2.25 bits per heavy atom. The van der Waals surface area contributed by atoms with E-state index in [1.165, 1.54) is 30.8 Å². The molecule has 1 unspecified atom stereocenters. The molecule has 0 spiro atoms. The van der Waals surface area contributed by atoms with Crippen molar-refractivity contribution in [2.75, 3.05) is 32.0 Å². The number of fused-ring (bicyclic) bond motifs is 1. The van der Waals surface area contributed by atoms with Crippen molar-refractivity contribution in [1.29, 1.82) is 0 Å². The molecule has 4 heteroatoms. The zero-order valence-corrected chi connectivity index (χ0v) is 10.2. The molecule has 1 atom stereocenters. The van der Waals surface area contributed by atoms with Crippen molar-refractivity contribution in [3.8, 4) is 0 Å². The van der Waals surface area contributed by atoms with Crippen LogP contribution in [-0.2, 0) is 6.54 Å². The Balaban J connectivity index is 1.92. The minimum Gasteiger partial charge on any atom is -0.356 e. The number of hydrogen-bond acceptors (Lipinski definition) is 3. The van der Waals surface area contributed by atoms with Gasteiger partial charge in [0.05, 0.1) is 5.69 Å². The maximum absolute atomic E-state index is 4.79. The van der Waals surface area contributed by atoms with Crippen molar-refractivity contribution in [2.24, 2.45) is 0 Å². The van der Waals surface area contributed by atoms with Crippen LogP contribution in [0.5, 0.6) is 0 Å². The van der Waals surface area contributed by atoms with E-state index in [0.717, 1.165) is 25.6 Å². The second kappa shape index (κ2) is 3.77. The summed E-state index contributed by atoms with van der Waals surface area (Å²) in [6.45, 7) is 6.79. The largest absolute Gasteiger partial charge is 0.356 e. The third kappa shape index (κ3) is 1.52. The first kappa shape index (κ1) is 10.1. The van der Waals surface area contributed by atoms with Gasteiger partial charge in [0.15, 0.2) is 0 Å². The summed E-state index contributed by atoms with van der Waals surface area (Å²) in [5, 5.41) is 3.40. The molecule has 2 aliphatic heterocycles. The highest BCUT2D eigenvalue weighted by Gasteiger charge is 2.27. The van der Waals surface area contributed by atoms with Crippen LogP contribution in [0.3, 0.4) is 0 Å². The third-order valence-corrected chi connectivity index (χ3v) is 3.88. The quantitative estimate of drug-likeness (QED) is 0.777. The average Bonchev–Trinajstić information content (AvgIpc) is 2.84. The number of hydrogen-bond donors (Lipinski definition) is 1. The molecular formula is C12H20N4. The van der Waals surface area contributed by atoms with Gasteiger partial charge in [0, 0.05) is 31.2 Å². The number of likely N-dealkylation sites (tertiary alicyclic amines) is 1. The van der Waals surface area contributed by atoms with Crippen LogP contribution in [0, 0.1) is 6.92 Å². The zero-order chi connectivity index (χ0) is 11.1. The fourth-order valence-electron chi connectivity index (χ4n) is 2.94. The van der Waals surface area contributed by atoms with Crippen LogP contribution in [0.1, 0.15) is 30.1 Å². The van der Waals surface area contributed by atoms with Crippen molar-refractivity contribution in [2.45, 2.75) is 32.2 Å². The summed E-state index contributed by atoms with van der Waals surface area (Å²) in [5.74, 6) is 1.73. The summed E-state index contributed by atoms with van der Waals surface area (Å²) < 4.78 is 2.34. The third-order valence-electron chi connectivity index (χ3n) is 3.88. The standard InChI is InChI=1S/C12H20N4/c1-9-11(10-4-7-15(2)8-10)14-12-13-5-3-6-16(9)12/h10H,3-8H2,1-2H3,(H,13,14). The molecule has 1 fully saturated rings. The first-order valence-corrected chi connectivity index (χ1v) is 6.25. The van der Waals surface area contributed by atoms with Gasteiger partial charge in [0.1, 0.15) is 0 Å². The van der Waals surface area contributed by atoms with Crippen LogP contribution in [-0.4, -0.2) is 41.1 Å². The molecule has 3 heterocycles. The lowest BCUT2D eigenvalue weighted by Crippen LogP contribution is -2.17. The molecule has 4 nitrogen and oxygen atoms in total. The maximum atomic E-state index is 4.79. The molecule has 88 valence electrons. The Morgan fingerprint density at radius 3 is 2.94 bits per heavy atom. The van der Waals surface area contributed by atoms with Crippen LogP contribution in [0.4, 0.5) is 5.95 Å². The SMILES string of the molecule is Cc1c(C2CCN(C)C2)nc2n1CCCN2. The van der Waals surface area contributed by atoms with E-state index in [2.05, 4.69) is 28.8 Å². The first-order valence-electron chi connectivity index (χ1n) is 6.25. The number of imidazole rings is 1. The molecule has 0 amide bonds. The Kier molecular flexibility index (Phi) is 2.39. The van der Waals surface area contributed by atoms with Crippen molar-refractivity contribution in [3.05, 3.63) is 11.4 Å². The predicted octanol–water partition coefficient (Wildman–Crippen LogP) is 1.43. The lowest BCUT2D eigenvalue weighted by Gasteiger charge is -2.16. The minimum absolute atomic E-state index is 0.643. The van der Waals surface area contributed by atoms with Crippen molar-refractivity contribution in [3.63, 3.8) is 0 Å². The van der Waals surface area contributed by atoms with E-state index < -0.39 is 0 Å². The van der Waals surface area contributed by atoms with E-state index in [1.54, 1.807) is 0 Å². The van der Waals surface area contributed by atoms with Gasteiger partial charge in [-0.3, -0.25) is 0 Å².